The van der Waals surface area contributed by atoms with Gasteiger partial charge in [0, 0.05) is 16.3 Å². The highest BCUT2D eigenvalue weighted by Crippen LogP contribution is 2.39. The van der Waals surface area contributed by atoms with Gasteiger partial charge in [0.2, 0.25) is 0 Å². The third-order valence-corrected chi connectivity index (χ3v) is 5.88. The number of ether oxygens (including phenoxy) is 2. The van der Waals surface area contributed by atoms with Crippen molar-refractivity contribution in [1.82, 2.24) is 4.98 Å². The predicted molar refractivity (Wildman–Crippen MR) is 122 cm³/mol. The number of aromatic nitrogens is 1. The van der Waals surface area contributed by atoms with E-state index < -0.39 is 0 Å². The summed E-state index contributed by atoms with van der Waals surface area (Å²) in [5.74, 6) is 1.53. The summed E-state index contributed by atoms with van der Waals surface area (Å²) in [5.41, 5.74) is 11.5. The lowest BCUT2D eigenvalue weighted by Gasteiger charge is -2.18. The van der Waals surface area contributed by atoms with Gasteiger partial charge in [-0.15, -0.1) is 0 Å². The van der Waals surface area contributed by atoms with Crippen LogP contribution in [0.5, 0.6) is 11.5 Å². The van der Waals surface area contributed by atoms with Crippen LogP contribution in [0.25, 0.3) is 11.1 Å². The lowest BCUT2D eigenvalue weighted by molar-refractivity contribution is 0.284. The number of hydrogen-bond acceptors (Lipinski definition) is 5. The molecule has 0 saturated heterocycles. The van der Waals surface area contributed by atoms with Crippen molar-refractivity contribution in [1.29, 1.82) is 5.26 Å². The van der Waals surface area contributed by atoms with Crippen molar-refractivity contribution in [3.05, 3.63) is 69.9 Å². The topological polar surface area (TPSA) is 81.2 Å². The van der Waals surface area contributed by atoms with Gasteiger partial charge in [-0.1, -0.05) is 36.2 Å². The molecule has 0 atom stereocenters. The van der Waals surface area contributed by atoms with Crippen molar-refractivity contribution in [3.63, 3.8) is 0 Å². The van der Waals surface area contributed by atoms with Gasteiger partial charge in [0.25, 0.3) is 0 Å². The van der Waals surface area contributed by atoms with Crippen LogP contribution in [0.15, 0.2) is 42.5 Å². The molecule has 1 heterocycles. The fraction of sp³-hybridized carbons (Fsp3) is 0.280. The Kier molecular flexibility index (Phi) is 6.29. The van der Waals surface area contributed by atoms with Gasteiger partial charge in [-0.25, -0.2) is 4.98 Å². The van der Waals surface area contributed by atoms with Crippen molar-refractivity contribution in [2.24, 2.45) is 0 Å². The lowest BCUT2D eigenvalue weighted by Crippen LogP contribution is -2.07. The minimum absolute atomic E-state index is 0.292. The molecular formula is C25H24ClN3O2. The lowest BCUT2D eigenvalue weighted by atomic mass is 9.91. The van der Waals surface area contributed by atoms with Crippen molar-refractivity contribution in [2.75, 3.05) is 12.8 Å². The SMILES string of the molecule is COc1cc(-c2c(C#N)c(N)nc3c2CCCCC3)ccc1OCc1ccc(Cl)cc1. The average molecular weight is 434 g/mol. The second kappa shape index (κ2) is 9.28. The average Bonchev–Trinajstić information content (AvgIpc) is 3.03. The van der Waals surface area contributed by atoms with Crippen LogP contribution in [0.1, 0.15) is 41.6 Å². The molecule has 1 aliphatic rings. The second-order valence-corrected chi connectivity index (χ2v) is 8.06. The molecule has 3 aromatic rings. The van der Waals surface area contributed by atoms with Gasteiger partial charge in [0.05, 0.1) is 7.11 Å². The zero-order valence-electron chi connectivity index (χ0n) is 17.5. The van der Waals surface area contributed by atoms with Gasteiger partial charge in [-0.05, 0) is 66.6 Å². The normalized spacial score (nSPS) is 13.1. The maximum Gasteiger partial charge on any atom is 0.161 e. The Morgan fingerprint density at radius 2 is 1.84 bits per heavy atom. The van der Waals surface area contributed by atoms with E-state index in [-0.39, 0.29) is 0 Å². The molecule has 0 spiro atoms. The smallest absolute Gasteiger partial charge is 0.161 e. The second-order valence-electron chi connectivity index (χ2n) is 7.63. The Labute approximate surface area is 187 Å². The van der Waals surface area contributed by atoms with E-state index in [4.69, 9.17) is 26.8 Å². The third-order valence-electron chi connectivity index (χ3n) is 5.62. The molecule has 4 rings (SSSR count). The number of methoxy groups -OCH3 is 1. The number of nitrogens with zero attached hydrogens (tertiary/aromatic N) is 2. The largest absolute Gasteiger partial charge is 0.493 e. The first-order valence-corrected chi connectivity index (χ1v) is 10.8. The monoisotopic (exact) mass is 433 g/mol. The number of pyridine rings is 1. The van der Waals surface area contributed by atoms with E-state index in [1.807, 2.05) is 42.5 Å². The third kappa shape index (κ3) is 4.45. The number of halogens is 1. The van der Waals surface area contributed by atoms with Crippen molar-refractivity contribution >= 4 is 17.4 Å². The number of benzene rings is 2. The summed E-state index contributed by atoms with van der Waals surface area (Å²) in [6, 6.07) is 15.5. The van der Waals surface area contributed by atoms with Crippen molar-refractivity contribution in [2.45, 2.75) is 38.7 Å². The molecule has 0 bridgehead atoms. The van der Waals surface area contributed by atoms with E-state index in [0.29, 0.717) is 34.5 Å². The highest BCUT2D eigenvalue weighted by molar-refractivity contribution is 6.30. The summed E-state index contributed by atoms with van der Waals surface area (Å²) in [6.45, 7) is 0.397. The molecule has 6 heteroatoms. The Bertz CT molecular complexity index is 1140. The number of aryl methyl sites for hydroxylation is 1. The molecule has 1 aliphatic carbocycles. The molecular weight excluding hydrogens is 410 g/mol. The molecule has 0 unspecified atom stereocenters. The molecule has 0 saturated carbocycles. The van der Waals surface area contributed by atoms with Crippen LogP contribution in [0.3, 0.4) is 0 Å². The minimum Gasteiger partial charge on any atom is -0.493 e. The summed E-state index contributed by atoms with van der Waals surface area (Å²) in [5, 5.41) is 10.5. The highest BCUT2D eigenvalue weighted by atomic mass is 35.5. The molecule has 0 amide bonds. The summed E-state index contributed by atoms with van der Waals surface area (Å²) < 4.78 is 11.6. The first-order valence-electron chi connectivity index (χ1n) is 10.4. The quantitative estimate of drug-likeness (QED) is 0.521. The van der Waals surface area contributed by atoms with Crippen LogP contribution in [-0.4, -0.2) is 12.1 Å². The number of rotatable bonds is 5. The number of nitrogens with two attached hydrogens (primary N) is 1. The standard InChI is InChI=1S/C25H24ClN3O2/c1-30-23-13-17(9-12-22(23)31-15-16-7-10-18(26)11-8-16)24-19-5-3-2-4-6-21(19)29-25(28)20(24)14-27/h7-13H,2-6,15H2,1H3,(H2,28,29). The predicted octanol–water partition coefficient (Wildman–Crippen LogP) is 5.71. The zero-order valence-corrected chi connectivity index (χ0v) is 18.2. The van der Waals surface area contributed by atoms with Gasteiger partial charge >= 0.3 is 0 Å². The number of hydrogen-bond donors (Lipinski definition) is 1. The molecule has 0 aliphatic heterocycles. The zero-order chi connectivity index (χ0) is 21.8. The van der Waals surface area contributed by atoms with Gasteiger partial charge in [-0.3, -0.25) is 0 Å². The maximum absolute atomic E-state index is 9.81. The Morgan fingerprint density at radius 3 is 2.58 bits per heavy atom. The molecule has 1 aromatic heterocycles. The minimum atomic E-state index is 0.292. The first-order chi connectivity index (χ1) is 15.1. The van der Waals surface area contributed by atoms with Crippen molar-refractivity contribution in [3.8, 4) is 28.7 Å². The molecule has 158 valence electrons. The van der Waals surface area contributed by atoms with E-state index in [2.05, 4.69) is 11.1 Å². The molecule has 31 heavy (non-hydrogen) atoms. The fourth-order valence-electron chi connectivity index (χ4n) is 4.05. The Hall–Kier alpha value is -3.23. The van der Waals surface area contributed by atoms with E-state index >= 15 is 0 Å². The van der Waals surface area contributed by atoms with Crippen molar-refractivity contribution < 1.29 is 9.47 Å². The van der Waals surface area contributed by atoms with Gasteiger partial charge in [0.15, 0.2) is 11.5 Å². The summed E-state index contributed by atoms with van der Waals surface area (Å²) in [6.07, 6.45) is 5.10. The van der Waals surface area contributed by atoms with Gasteiger partial charge in [-0.2, -0.15) is 5.26 Å². The number of anilines is 1. The van der Waals surface area contributed by atoms with E-state index in [1.165, 1.54) is 0 Å². The van der Waals surface area contributed by atoms with E-state index in [0.717, 1.165) is 60.1 Å². The van der Waals surface area contributed by atoms with Crippen LogP contribution in [0.2, 0.25) is 5.02 Å². The van der Waals surface area contributed by atoms with Gasteiger partial charge in [0.1, 0.15) is 24.1 Å². The fourth-order valence-corrected chi connectivity index (χ4v) is 4.18. The number of nitrogen functional groups attached to an aromatic ring is 1. The number of fused-ring (bicyclic) bond motifs is 1. The molecule has 5 nitrogen and oxygen atoms in total. The maximum atomic E-state index is 9.81. The van der Waals surface area contributed by atoms with Crippen LogP contribution in [-0.2, 0) is 19.4 Å². The summed E-state index contributed by atoms with van der Waals surface area (Å²) >= 11 is 5.95. The van der Waals surface area contributed by atoms with Gasteiger partial charge < -0.3 is 15.2 Å². The van der Waals surface area contributed by atoms with Crippen LogP contribution < -0.4 is 15.2 Å². The molecule has 0 fully saturated rings. The Morgan fingerprint density at radius 1 is 1.06 bits per heavy atom. The van der Waals surface area contributed by atoms with E-state index in [9.17, 15) is 5.26 Å². The van der Waals surface area contributed by atoms with E-state index in [1.54, 1.807) is 7.11 Å². The van der Waals surface area contributed by atoms with Crippen LogP contribution in [0, 0.1) is 11.3 Å². The number of nitriles is 1. The molecule has 2 aromatic carbocycles. The molecule has 2 N–H and O–H groups in total. The van der Waals surface area contributed by atoms with Crippen LogP contribution in [0.4, 0.5) is 5.82 Å². The first kappa shape index (κ1) is 21.0. The Balaban J connectivity index is 1.71. The van der Waals surface area contributed by atoms with Crippen LogP contribution >= 0.6 is 11.6 Å². The molecule has 0 radical (unpaired) electrons. The highest BCUT2D eigenvalue weighted by Gasteiger charge is 2.22. The summed E-state index contributed by atoms with van der Waals surface area (Å²) in [4.78, 5) is 4.55. The summed E-state index contributed by atoms with van der Waals surface area (Å²) in [7, 11) is 1.61.